The molecule has 1 heterocycles. The highest BCUT2D eigenvalue weighted by Crippen LogP contribution is 2.32. The van der Waals surface area contributed by atoms with Crippen LogP contribution in [0.2, 0.25) is 5.02 Å². The standard InChI is InChI=1S/C17H17ClOS/c1-10-7-13(14(18)8-11(10)2)17(19)16-9-12-5-3-4-6-15(12)20-16/h7-9H,3-6H2,1-2H3. The number of benzene rings is 1. The Kier molecular flexibility index (Phi) is 3.70. The number of fused-ring (bicyclic) bond motifs is 1. The number of halogens is 1. The van der Waals surface area contributed by atoms with Gasteiger partial charge in [0.05, 0.1) is 9.90 Å². The van der Waals surface area contributed by atoms with Crippen LogP contribution in [0, 0.1) is 13.8 Å². The second-order valence-electron chi connectivity index (χ2n) is 5.51. The van der Waals surface area contributed by atoms with E-state index in [1.54, 1.807) is 11.3 Å². The normalized spacial score (nSPS) is 14.2. The zero-order valence-corrected chi connectivity index (χ0v) is 13.3. The number of rotatable bonds is 2. The van der Waals surface area contributed by atoms with Crippen LogP contribution in [-0.4, -0.2) is 5.78 Å². The van der Waals surface area contributed by atoms with Crippen LogP contribution < -0.4 is 0 Å². The molecule has 1 aliphatic rings. The van der Waals surface area contributed by atoms with Crippen LogP contribution in [-0.2, 0) is 12.8 Å². The lowest BCUT2D eigenvalue weighted by atomic mass is 9.98. The highest BCUT2D eigenvalue weighted by Gasteiger charge is 2.20. The molecule has 1 aromatic heterocycles. The monoisotopic (exact) mass is 304 g/mol. The van der Waals surface area contributed by atoms with Crippen LogP contribution in [0.1, 0.15) is 49.6 Å². The first kappa shape index (κ1) is 13.8. The molecule has 0 aliphatic heterocycles. The van der Waals surface area contributed by atoms with Crippen LogP contribution in [0.15, 0.2) is 18.2 Å². The van der Waals surface area contributed by atoms with Crippen molar-refractivity contribution in [1.29, 1.82) is 0 Å². The number of hydrogen-bond acceptors (Lipinski definition) is 2. The molecule has 1 aromatic carbocycles. The predicted molar refractivity (Wildman–Crippen MR) is 85.3 cm³/mol. The maximum absolute atomic E-state index is 12.7. The Hall–Kier alpha value is -1.12. The molecule has 0 unspecified atom stereocenters. The van der Waals surface area contributed by atoms with Crippen molar-refractivity contribution in [2.75, 3.05) is 0 Å². The minimum absolute atomic E-state index is 0.0671. The van der Waals surface area contributed by atoms with Crippen LogP contribution in [0.4, 0.5) is 0 Å². The molecule has 20 heavy (non-hydrogen) atoms. The predicted octanol–water partition coefficient (Wildman–Crippen LogP) is 5.13. The van der Waals surface area contributed by atoms with Gasteiger partial charge in [0.1, 0.15) is 0 Å². The summed E-state index contributed by atoms with van der Waals surface area (Å²) in [4.78, 5) is 14.9. The fourth-order valence-electron chi connectivity index (χ4n) is 2.69. The van der Waals surface area contributed by atoms with Crippen LogP contribution >= 0.6 is 22.9 Å². The number of thiophene rings is 1. The zero-order chi connectivity index (χ0) is 14.3. The van der Waals surface area contributed by atoms with Crippen molar-refractivity contribution in [3.63, 3.8) is 0 Å². The summed E-state index contributed by atoms with van der Waals surface area (Å²) in [5.41, 5.74) is 4.23. The molecule has 0 spiro atoms. The van der Waals surface area contributed by atoms with E-state index < -0.39 is 0 Å². The van der Waals surface area contributed by atoms with E-state index in [0.717, 1.165) is 28.8 Å². The maximum Gasteiger partial charge on any atom is 0.204 e. The van der Waals surface area contributed by atoms with E-state index in [-0.39, 0.29) is 5.78 Å². The van der Waals surface area contributed by atoms with Crippen LogP contribution in [0.5, 0.6) is 0 Å². The third kappa shape index (κ3) is 2.43. The van der Waals surface area contributed by atoms with Gasteiger partial charge in [0.2, 0.25) is 5.78 Å². The summed E-state index contributed by atoms with van der Waals surface area (Å²) in [5, 5.41) is 0.560. The molecule has 0 N–H and O–H groups in total. The molecular weight excluding hydrogens is 288 g/mol. The first-order valence-electron chi connectivity index (χ1n) is 6.99. The fourth-order valence-corrected chi connectivity index (χ4v) is 4.20. The topological polar surface area (TPSA) is 17.1 Å². The second kappa shape index (κ2) is 5.34. The minimum atomic E-state index is 0.0671. The van der Waals surface area contributed by atoms with Gasteiger partial charge in [-0.15, -0.1) is 11.3 Å². The lowest BCUT2D eigenvalue weighted by Crippen LogP contribution is -2.01. The van der Waals surface area contributed by atoms with Crippen molar-refractivity contribution >= 4 is 28.7 Å². The first-order chi connectivity index (χ1) is 9.56. The third-order valence-corrected chi connectivity index (χ3v) is 5.60. The average molecular weight is 305 g/mol. The fraction of sp³-hybridized carbons (Fsp3) is 0.353. The molecule has 0 fully saturated rings. The molecule has 0 amide bonds. The van der Waals surface area contributed by atoms with Crippen molar-refractivity contribution in [2.45, 2.75) is 39.5 Å². The molecule has 2 aromatic rings. The van der Waals surface area contributed by atoms with E-state index in [1.165, 1.54) is 23.3 Å². The Balaban J connectivity index is 2.00. The Morgan fingerprint density at radius 3 is 2.55 bits per heavy atom. The van der Waals surface area contributed by atoms with Gasteiger partial charge in [-0.3, -0.25) is 4.79 Å². The first-order valence-corrected chi connectivity index (χ1v) is 8.18. The lowest BCUT2D eigenvalue weighted by Gasteiger charge is -2.08. The number of aryl methyl sites for hydroxylation is 4. The summed E-state index contributed by atoms with van der Waals surface area (Å²) in [6.45, 7) is 4.03. The van der Waals surface area contributed by atoms with Crippen LogP contribution in [0.3, 0.4) is 0 Å². The van der Waals surface area contributed by atoms with E-state index in [4.69, 9.17) is 11.6 Å². The zero-order valence-electron chi connectivity index (χ0n) is 11.8. The van der Waals surface area contributed by atoms with Crippen molar-refractivity contribution < 1.29 is 4.79 Å². The number of ketones is 1. The van der Waals surface area contributed by atoms with Gasteiger partial charge in [-0.2, -0.15) is 0 Å². The molecule has 1 nitrogen and oxygen atoms in total. The minimum Gasteiger partial charge on any atom is -0.288 e. The van der Waals surface area contributed by atoms with E-state index in [1.807, 2.05) is 26.0 Å². The maximum atomic E-state index is 12.7. The van der Waals surface area contributed by atoms with Crippen molar-refractivity contribution in [1.82, 2.24) is 0 Å². The largest absolute Gasteiger partial charge is 0.288 e. The Morgan fingerprint density at radius 1 is 1.10 bits per heavy atom. The smallest absolute Gasteiger partial charge is 0.204 e. The summed E-state index contributed by atoms with van der Waals surface area (Å²) in [6.07, 6.45) is 4.71. The van der Waals surface area contributed by atoms with E-state index in [2.05, 4.69) is 6.07 Å². The summed E-state index contributed by atoms with van der Waals surface area (Å²) in [7, 11) is 0. The van der Waals surface area contributed by atoms with Gasteiger partial charge in [0, 0.05) is 10.4 Å². The molecule has 0 saturated heterocycles. The van der Waals surface area contributed by atoms with Gasteiger partial charge >= 0.3 is 0 Å². The van der Waals surface area contributed by atoms with Crippen molar-refractivity contribution in [3.8, 4) is 0 Å². The molecule has 3 heteroatoms. The quantitative estimate of drug-likeness (QED) is 0.703. The van der Waals surface area contributed by atoms with Crippen molar-refractivity contribution in [2.24, 2.45) is 0 Å². The van der Waals surface area contributed by atoms with Crippen LogP contribution in [0.25, 0.3) is 0 Å². The molecule has 1 aliphatic carbocycles. The second-order valence-corrected chi connectivity index (χ2v) is 7.06. The van der Waals surface area contributed by atoms with Crippen molar-refractivity contribution in [3.05, 3.63) is 55.2 Å². The molecule has 104 valence electrons. The molecule has 0 bridgehead atoms. The van der Waals surface area contributed by atoms with E-state index in [0.29, 0.717) is 10.6 Å². The molecular formula is C17H17ClOS. The molecule has 0 atom stereocenters. The third-order valence-electron chi connectivity index (χ3n) is 4.05. The van der Waals surface area contributed by atoms with E-state index in [9.17, 15) is 4.79 Å². The summed E-state index contributed by atoms with van der Waals surface area (Å²) >= 11 is 7.91. The van der Waals surface area contributed by atoms with Gasteiger partial charge in [-0.25, -0.2) is 0 Å². The SMILES string of the molecule is Cc1cc(Cl)c(C(=O)c2cc3c(s2)CCCC3)cc1C. The molecule has 0 saturated carbocycles. The Morgan fingerprint density at radius 2 is 1.80 bits per heavy atom. The van der Waals surface area contributed by atoms with Gasteiger partial charge in [-0.1, -0.05) is 11.6 Å². The highest BCUT2D eigenvalue weighted by atomic mass is 35.5. The average Bonchev–Trinajstić information content (AvgIpc) is 2.86. The van der Waals surface area contributed by atoms with Gasteiger partial charge in [0.15, 0.2) is 0 Å². The number of carbonyl (C=O) groups is 1. The summed E-state index contributed by atoms with van der Waals surface area (Å²) in [6, 6.07) is 5.88. The highest BCUT2D eigenvalue weighted by molar-refractivity contribution is 7.14. The number of carbonyl (C=O) groups excluding carboxylic acids is 1. The summed E-state index contributed by atoms with van der Waals surface area (Å²) < 4.78 is 0. The Labute approximate surface area is 128 Å². The number of hydrogen-bond donors (Lipinski definition) is 0. The van der Waals surface area contributed by atoms with E-state index >= 15 is 0 Å². The lowest BCUT2D eigenvalue weighted by molar-refractivity contribution is 0.104. The molecule has 3 rings (SSSR count). The molecule has 0 radical (unpaired) electrons. The Bertz CT molecular complexity index is 661. The van der Waals surface area contributed by atoms with Gasteiger partial charge < -0.3 is 0 Å². The van der Waals surface area contributed by atoms with Gasteiger partial charge in [-0.05, 0) is 74.4 Å². The summed E-state index contributed by atoms with van der Waals surface area (Å²) in [5.74, 6) is 0.0671. The van der Waals surface area contributed by atoms with Gasteiger partial charge in [0.25, 0.3) is 0 Å².